The van der Waals surface area contributed by atoms with Crippen LogP contribution in [0, 0.1) is 5.92 Å². The number of nitrogens with zero attached hydrogens (tertiary/aromatic N) is 1. The Morgan fingerprint density at radius 2 is 1.91 bits per heavy atom. The zero-order chi connectivity index (χ0) is 14.9. The highest BCUT2D eigenvalue weighted by Crippen LogP contribution is 2.45. The Labute approximate surface area is 140 Å². The molecule has 3 aliphatic rings. The zero-order valence-corrected chi connectivity index (χ0v) is 14.2. The topological polar surface area (TPSA) is 29.5 Å². The second-order valence-corrected chi connectivity index (χ2v) is 8.98. The third-order valence-electron chi connectivity index (χ3n) is 4.74. The molecule has 3 heterocycles. The molecule has 22 heavy (non-hydrogen) atoms. The zero-order valence-electron chi connectivity index (χ0n) is 12.5. The van der Waals surface area contributed by atoms with Crippen molar-refractivity contribution < 1.29 is 9.53 Å². The molecule has 0 radical (unpaired) electrons. The van der Waals surface area contributed by atoms with Gasteiger partial charge in [0.25, 0.3) is 0 Å². The highest BCUT2D eigenvalue weighted by molar-refractivity contribution is 8.17. The van der Waals surface area contributed by atoms with Crippen LogP contribution in [0.2, 0.25) is 0 Å². The number of carbonyl (C=O) groups is 1. The highest BCUT2D eigenvalue weighted by Gasteiger charge is 2.45. The summed E-state index contributed by atoms with van der Waals surface area (Å²) in [5.41, 5.74) is 1.19. The summed E-state index contributed by atoms with van der Waals surface area (Å²) in [7, 11) is 0. The maximum absolute atomic E-state index is 12.7. The lowest BCUT2D eigenvalue weighted by molar-refractivity contribution is -0.144. The van der Waals surface area contributed by atoms with Crippen LogP contribution in [0.4, 0.5) is 0 Å². The summed E-state index contributed by atoms with van der Waals surface area (Å²) in [6.07, 6.45) is 2.97. The van der Waals surface area contributed by atoms with Gasteiger partial charge in [0, 0.05) is 6.42 Å². The Kier molecular flexibility index (Phi) is 4.38. The van der Waals surface area contributed by atoms with Gasteiger partial charge in [0.1, 0.15) is 6.23 Å². The third kappa shape index (κ3) is 2.79. The van der Waals surface area contributed by atoms with Crippen molar-refractivity contribution in [2.24, 2.45) is 5.92 Å². The fourth-order valence-corrected chi connectivity index (χ4v) is 6.86. The van der Waals surface area contributed by atoms with E-state index in [0.29, 0.717) is 23.5 Å². The van der Waals surface area contributed by atoms with Crippen LogP contribution in [0.25, 0.3) is 0 Å². The Bertz CT molecular complexity index is 533. The van der Waals surface area contributed by atoms with Crippen LogP contribution in [0.3, 0.4) is 0 Å². The molecule has 5 heteroatoms. The molecule has 0 aromatic heterocycles. The standard InChI is InChI=1S/C17H21NO2S2/c19-15-9-13(17-21-7-4-8-22-17)10-16-18(15)14(11-20-16)12-5-2-1-3-6-12/h1-3,5-6,13-14,16-17H,4,7-11H2/t13-,14-,16+/m0/s1. The minimum Gasteiger partial charge on any atom is -0.356 e. The molecule has 1 aromatic carbocycles. The minimum absolute atomic E-state index is 0.0143. The van der Waals surface area contributed by atoms with Crippen LogP contribution in [-0.2, 0) is 9.53 Å². The predicted octanol–water partition coefficient (Wildman–Crippen LogP) is 3.52. The van der Waals surface area contributed by atoms with Gasteiger partial charge in [-0.25, -0.2) is 0 Å². The van der Waals surface area contributed by atoms with Gasteiger partial charge in [0.05, 0.1) is 17.2 Å². The Balaban J connectivity index is 1.49. The smallest absolute Gasteiger partial charge is 0.225 e. The minimum atomic E-state index is -0.0143. The van der Waals surface area contributed by atoms with Crippen molar-refractivity contribution in [3.63, 3.8) is 0 Å². The van der Waals surface area contributed by atoms with E-state index in [-0.39, 0.29) is 18.2 Å². The first-order valence-corrected chi connectivity index (χ1v) is 10.1. The molecular formula is C17H21NO2S2. The molecule has 0 bridgehead atoms. The molecule has 118 valence electrons. The summed E-state index contributed by atoms with van der Waals surface area (Å²) < 4.78 is 6.58. The summed E-state index contributed by atoms with van der Waals surface area (Å²) in [5, 5.41) is 0. The van der Waals surface area contributed by atoms with Crippen molar-refractivity contribution in [2.75, 3.05) is 18.1 Å². The van der Waals surface area contributed by atoms with Gasteiger partial charge in [-0.1, -0.05) is 30.3 Å². The average Bonchev–Trinajstić information content (AvgIpc) is 3.01. The van der Waals surface area contributed by atoms with Crippen molar-refractivity contribution in [2.45, 2.75) is 36.1 Å². The fourth-order valence-electron chi connectivity index (χ4n) is 3.67. The monoisotopic (exact) mass is 335 g/mol. The number of benzene rings is 1. The van der Waals surface area contributed by atoms with E-state index in [1.165, 1.54) is 23.5 Å². The number of ether oxygens (including phenoxy) is 1. The number of hydrogen-bond donors (Lipinski definition) is 0. The van der Waals surface area contributed by atoms with Crippen molar-refractivity contribution in [3.8, 4) is 0 Å². The van der Waals surface area contributed by atoms with E-state index in [0.717, 1.165) is 6.42 Å². The Morgan fingerprint density at radius 3 is 2.68 bits per heavy atom. The lowest BCUT2D eigenvalue weighted by Crippen LogP contribution is -2.46. The number of thioether (sulfide) groups is 2. The third-order valence-corrected chi connectivity index (χ3v) is 8.04. The van der Waals surface area contributed by atoms with Gasteiger partial charge in [0.2, 0.25) is 5.91 Å². The Hall–Kier alpha value is -0.650. The summed E-state index contributed by atoms with van der Waals surface area (Å²) in [4.78, 5) is 14.7. The van der Waals surface area contributed by atoms with Gasteiger partial charge in [-0.2, -0.15) is 0 Å². The first-order chi connectivity index (χ1) is 10.8. The number of rotatable bonds is 2. The molecule has 3 saturated heterocycles. The van der Waals surface area contributed by atoms with Crippen LogP contribution >= 0.6 is 23.5 Å². The largest absolute Gasteiger partial charge is 0.356 e. The molecule has 3 aliphatic heterocycles. The molecule has 4 rings (SSSR count). The summed E-state index contributed by atoms with van der Waals surface area (Å²) in [6, 6.07) is 10.4. The van der Waals surface area contributed by atoms with E-state index in [1.807, 2.05) is 46.6 Å². The van der Waals surface area contributed by atoms with E-state index in [2.05, 4.69) is 12.1 Å². The van der Waals surface area contributed by atoms with Gasteiger partial charge >= 0.3 is 0 Å². The molecule has 3 atom stereocenters. The average molecular weight is 335 g/mol. The highest BCUT2D eigenvalue weighted by atomic mass is 32.2. The van der Waals surface area contributed by atoms with Crippen LogP contribution < -0.4 is 0 Å². The molecule has 0 spiro atoms. The number of carbonyl (C=O) groups excluding carboxylic acids is 1. The number of amides is 1. The van der Waals surface area contributed by atoms with Crippen LogP contribution in [0.15, 0.2) is 30.3 Å². The predicted molar refractivity (Wildman–Crippen MR) is 91.8 cm³/mol. The van der Waals surface area contributed by atoms with E-state index in [1.54, 1.807) is 0 Å². The molecule has 3 fully saturated rings. The van der Waals surface area contributed by atoms with Crippen LogP contribution in [-0.4, -0.2) is 39.7 Å². The number of hydrogen-bond acceptors (Lipinski definition) is 4. The van der Waals surface area contributed by atoms with Gasteiger partial charge < -0.3 is 9.64 Å². The molecular weight excluding hydrogens is 314 g/mol. The van der Waals surface area contributed by atoms with Gasteiger partial charge in [0.15, 0.2) is 0 Å². The van der Waals surface area contributed by atoms with E-state index >= 15 is 0 Å². The SMILES string of the molecule is O=C1C[C@H](C2SCCCS2)C[C@H]2OC[C@@H](c3ccccc3)N12. The molecule has 0 unspecified atom stereocenters. The lowest BCUT2D eigenvalue weighted by Gasteiger charge is -2.39. The molecule has 0 saturated carbocycles. The van der Waals surface area contributed by atoms with E-state index in [4.69, 9.17) is 4.74 Å². The quantitative estimate of drug-likeness (QED) is 0.827. The summed E-state index contributed by atoms with van der Waals surface area (Å²) in [6.45, 7) is 0.637. The first-order valence-electron chi connectivity index (χ1n) is 8.04. The van der Waals surface area contributed by atoms with Crippen LogP contribution in [0.1, 0.15) is 30.9 Å². The van der Waals surface area contributed by atoms with Crippen molar-refractivity contribution in [3.05, 3.63) is 35.9 Å². The van der Waals surface area contributed by atoms with Crippen LogP contribution in [0.5, 0.6) is 0 Å². The Morgan fingerprint density at radius 1 is 1.14 bits per heavy atom. The fraction of sp³-hybridized carbons (Fsp3) is 0.588. The second-order valence-electron chi connectivity index (χ2n) is 6.18. The number of fused-ring (bicyclic) bond motifs is 1. The molecule has 0 aliphatic carbocycles. The normalized spacial score (nSPS) is 33.0. The van der Waals surface area contributed by atoms with Gasteiger partial charge in [-0.05, 0) is 35.8 Å². The maximum Gasteiger partial charge on any atom is 0.225 e. The number of piperidine rings is 1. The van der Waals surface area contributed by atoms with E-state index < -0.39 is 0 Å². The van der Waals surface area contributed by atoms with Gasteiger partial charge in [-0.15, -0.1) is 23.5 Å². The first kappa shape index (κ1) is 14.9. The van der Waals surface area contributed by atoms with Crippen molar-refractivity contribution in [1.29, 1.82) is 0 Å². The second kappa shape index (κ2) is 6.46. The molecule has 0 N–H and O–H groups in total. The van der Waals surface area contributed by atoms with Crippen molar-refractivity contribution >= 4 is 29.4 Å². The van der Waals surface area contributed by atoms with Gasteiger partial charge in [-0.3, -0.25) is 4.79 Å². The summed E-state index contributed by atoms with van der Waals surface area (Å²) in [5.74, 6) is 3.23. The molecule has 3 nitrogen and oxygen atoms in total. The summed E-state index contributed by atoms with van der Waals surface area (Å²) >= 11 is 4.08. The molecule has 1 amide bonds. The van der Waals surface area contributed by atoms with E-state index in [9.17, 15) is 4.79 Å². The van der Waals surface area contributed by atoms with Crippen molar-refractivity contribution in [1.82, 2.24) is 4.90 Å². The molecule has 1 aromatic rings. The maximum atomic E-state index is 12.7. The lowest BCUT2D eigenvalue weighted by atomic mass is 9.95.